The van der Waals surface area contributed by atoms with Crippen molar-refractivity contribution < 1.29 is 9.84 Å². The number of nitrogens with one attached hydrogen (secondary N) is 1. The van der Waals surface area contributed by atoms with Gasteiger partial charge in [0.1, 0.15) is 5.75 Å². The number of hydrogen-bond acceptors (Lipinski definition) is 3. The van der Waals surface area contributed by atoms with Crippen molar-refractivity contribution in [1.29, 1.82) is 0 Å². The van der Waals surface area contributed by atoms with E-state index in [-0.39, 0.29) is 18.1 Å². The quantitative estimate of drug-likeness (QED) is 0.813. The summed E-state index contributed by atoms with van der Waals surface area (Å²) in [7, 11) is 1.71. The minimum atomic E-state index is 0.145. The van der Waals surface area contributed by atoms with Crippen molar-refractivity contribution in [2.24, 2.45) is 5.41 Å². The Hall–Kier alpha value is -1.06. The van der Waals surface area contributed by atoms with Gasteiger partial charge in [0.05, 0.1) is 7.11 Å². The van der Waals surface area contributed by atoms with E-state index in [1.807, 2.05) is 0 Å². The second-order valence-electron chi connectivity index (χ2n) is 5.51. The molecule has 1 fully saturated rings. The molecular formula is C15H23NO2. The van der Waals surface area contributed by atoms with Crippen LogP contribution in [0.15, 0.2) is 18.2 Å². The first-order valence-corrected chi connectivity index (χ1v) is 6.59. The molecule has 0 spiro atoms. The first-order chi connectivity index (χ1) is 8.60. The van der Waals surface area contributed by atoms with Gasteiger partial charge in [0.2, 0.25) is 0 Å². The average molecular weight is 249 g/mol. The molecule has 1 unspecified atom stereocenters. The Bertz CT molecular complexity index is 413. The first kappa shape index (κ1) is 13.4. The van der Waals surface area contributed by atoms with Crippen molar-refractivity contribution in [2.75, 3.05) is 20.3 Å². The normalized spacial score (nSPS) is 18.4. The van der Waals surface area contributed by atoms with Gasteiger partial charge < -0.3 is 15.2 Å². The summed E-state index contributed by atoms with van der Waals surface area (Å²) < 4.78 is 5.43. The molecule has 0 amide bonds. The first-order valence-electron chi connectivity index (χ1n) is 6.59. The zero-order chi connectivity index (χ0) is 13.2. The van der Waals surface area contributed by atoms with Gasteiger partial charge in [-0.1, -0.05) is 12.1 Å². The van der Waals surface area contributed by atoms with Crippen LogP contribution in [-0.2, 0) is 0 Å². The lowest BCUT2D eigenvalue weighted by atomic mass is 10.0. The summed E-state index contributed by atoms with van der Waals surface area (Å²) in [6, 6.07) is 6.52. The van der Waals surface area contributed by atoms with Crippen LogP contribution in [0.4, 0.5) is 0 Å². The van der Waals surface area contributed by atoms with Gasteiger partial charge in [-0.25, -0.2) is 0 Å². The van der Waals surface area contributed by atoms with Crippen molar-refractivity contribution in [3.63, 3.8) is 0 Å². The maximum atomic E-state index is 9.31. The maximum absolute atomic E-state index is 9.31. The summed E-state index contributed by atoms with van der Waals surface area (Å²) in [4.78, 5) is 0. The van der Waals surface area contributed by atoms with Gasteiger partial charge in [-0.15, -0.1) is 0 Å². The Morgan fingerprint density at radius 1 is 1.44 bits per heavy atom. The molecule has 1 aliphatic carbocycles. The average Bonchev–Trinajstić information content (AvgIpc) is 3.16. The van der Waals surface area contributed by atoms with Crippen molar-refractivity contribution in [3.8, 4) is 5.75 Å². The summed E-state index contributed by atoms with van der Waals surface area (Å²) >= 11 is 0. The Kier molecular flexibility index (Phi) is 3.93. The van der Waals surface area contributed by atoms with Gasteiger partial charge in [0.25, 0.3) is 0 Å². The molecule has 1 aromatic carbocycles. The van der Waals surface area contributed by atoms with E-state index >= 15 is 0 Å². The fourth-order valence-corrected chi connectivity index (χ4v) is 2.22. The van der Waals surface area contributed by atoms with E-state index in [0.29, 0.717) is 0 Å². The van der Waals surface area contributed by atoms with Crippen molar-refractivity contribution in [2.45, 2.75) is 32.7 Å². The smallest absolute Gasteiger partial charge is 0.123 e. The van der Waals surface area contributed by atoms with E-state index in [4.69, 9.17) is 4.74 Å². The summed E-state index contributed by atoms with van der Waals surface area (Å²) in [6.07, 6.45) is 2.27. The maximum Gasteiger partial charge on any atom is 0.123 e. The van der Waals surface area contributed by atoms with Crippen LogP contribution in [0.2, 0.25) is 0 Å². The van der Waals surface area contributed by atoms with Gasteiger partial charge in [0.15, 0.2) is 0 Å². The standard InChI is InChI=1S/C15H23NO2/c1-11-4-5-13(14(8-11)18-3)12(2)16-9-15(10-17)6-7-15/h4-5,8,12,16-17H,6-7,9-10H2,1-3H3. The minimum Gasteiger partial charge on any atom is -0.496 e. The van der Waals surface area contributed by atoms with E-state index in [0.717, 1.165) is 25.1 Å². The molecule has 3 nitrogen and oxygen atoms in total. The van der Waals surface area contributed by atoms with E-state index in [1.54, 1.807) is 7.11 Å². The molecule has 1 saturated carbocycles. The Balaban J connectivity index is 2.02. The van der Waals surface area contributed by atoms with Crippen LogP contribution in [0.1, 0.15) is 36.9 Å². The second-order valence-corrected chi connectivity index (χ2v) is 5.51. The lowest BCUT2D eigenvalue weighted by Crippen LogP contribution is -2.29. The summed E-state index contributed by atoms with van der Waals surface area (Å²) in [5.74, 6) is 0.934. The largest absolute Gasteiger partial charge is 0.496 e. The summed E-state index contributed by atoms with van der Waals surface area (Å²) in [5.41, 5.74) is 2.53. The molecule has 0 saturated heterocycles. The van der Waals surface area contributed by atoms with Crippen molar-refractivity contribution >= 4 is 0 Å². The fraction of sp³-hybridized carbons (Fsp3) is 0.600. The third-order valence-corrected chi connectivity index (χ3v) is 3.93. The number of aryl methyl sites for hydroxylation is 1. The Morgan fingerprint density at radius 3 is 2.72 bits per heavy atom. The third kappa shape index (κ3) is 2.85. The highest BCUT2D eigenvalue weighted by molar-refractivity contribution is 5.39. The van der Waals surface area contributed by atoms with Crippen LogP contribution in [0.25, 0.3) is 0 Å². The number of benzene rings is 1. The zero-order valence-corrected chi connectivity index (χ0v) is 11.5. The molecule has 0 aliphatic heterocycles. The van der Waals surface area contributed by atoms with Crippen LogP contribution in [0.5, 0.6) is 5.75 Å². The molecule has 2 N–H and O–H groups in total. The van der Waals surface area contributed by atoms with Crippen molar-refractivity contribution in [1.82, 2.24) is 5.32 Å². The molecule has 1 aliphatic rings. The van der Waals surface area contributed by atoms with E-state index in [1.165, 1.54) is 11.1 Å². The van der Waals surface area contributed by atoms with Gasteiger partial charge in [0, 0.05) is 30.2 Å². The monoisotopic (exact) mass is 249 g/mol. The molecule has 100 valence electrons. The zero-order valence-electron chi connectivity index (χ0n) is 11.5. The van der Waals surface area contributed by atoms with Crippen LogP contribution < -0.4 is 10.1 Å². The minimum absolute atomic E-state index is 0.145. The van der Waals surface area contributed by atoms with Crippen LogP contribution in [0.3, 0.4) is 0 Å². The number of aliphatic hydroxyl groups is 1. The molecule has 1 atom stereocenters. The SMILES string of the molecule is COc1cc(C)ccc1C(C)NCC1(CO)CC1. The highest BCUT2D eigenvalue weighted by Crippen LogP contribution is 2.44. The Morgan fingerprint density at radius 2 is 2.17 bits per heavy atom. The molecule has 0 heterocycles. The van der Waals surface area contributed by atoms with E-state index < -0.39 is 0 Å². The highest BCUT2D eigenvalue weighted by atomic mass is 16.5. The Labute approximate surface area is 109 Å². The number of rotatable bonds is 6. The summed E-state index contributed by atoms with van der Waals surface area (Å²) in [5, 5.41) is 12.8. The van der Waals surface area contributed by atoms with E-state index in [2.05, 4.69) is 37.4 Å². The predicted molar refractivity (Wildman–Crippen MR) is 72.9 cm³/mol. The van der Waals surface area contributed by atoms with Crippen LogP contribution in [-0.4, -0.2) is 25.4 Å². The number of hydrogen-bond donors (Lipinski definition) is 2. The van der Waals surface area contributed by atoms with Crippen molar-refractivity contribution in [3.05, 3.63) is 29.3 Å². The number of methoxy groups -OCH3 is 1. The lowest BCUT2D eigenvalue weighted by Gasteiger charge is -2.20. The number of aliphatic hydroxyl groups excluding tert-OH is 1. The molecular weight excluding hydrogens is 226 g/mol. The fourth-order valence-electron chi connectivity index (χ4n) is 2.22. The van der Waals surface area contributed by atoms with E-state index in [9.17, 15) is 5.11 Å². The van der Waals surface area contributed by atoms with Crippen LogP contribution >= 0.6 is 0 Å². The molecule has 0 aromatic heterocycles. The molecule has 18 heavy (non-hydrogen) atoms. The highest BCUT2D eigenvalue weighted by Gasteiger charge is 2.41. The predicted octanol–water partition coefficient (Wildman–Crippen LogP) is 2.43. The third-order valence-electron chi connectivity index (χ3n) is 3.93. The topological polar surface area (TPSA) is 41.5 Å². The molecule has 0 bridgehead atoms. The van der Waals surface area contributed by atoms with Crippen LogP contribution in [0, 0.1) is 12.3 Å². The molecule has 0 radical (unpaired) electrons. The molecule has 1 aromatic rings. The second kappa shape index (κ2) is 5.29. The summed E-state index contributed by atoms with van der Waals surface area (Å²) in [6.45, 7) is 5.37. The van der Waals surface area contributed by atoms with Gasteiger partial charge in [-0.05, 0) is 38.3 Å². The molecule has 2 rings (SSSR count). The lowest BCUT2D eigenvalue weighted by molar-refractivity contribution is 0.204. The van der Waals surface area contributed by atoms with Gasteiger partial charge in [-0.2, -0.15) is 0 Å². The number of ether oxygens (including phenoxy) is 1. The molecule has 3 heteroatoms. The van der Waals surface area contributed by atoms with Gasteiger partial charge >= 0.3 is 0 Å². The van der Waals surface area contributed by atoms with Gasteiger partial charge in [-0.3, -0.25) is 0 Å².